The van der Waals surface area contributed by atoms with Crippen LogP contribution in [0.3, 0.4) is 0 Å². The van der Waals surface area contributed by atoms with Crippen molar-refractivity contribution < 1.29 is 22.8 Å². The number of hydrogen-bond donors (Lipinski definition) is 2. The molecular formula is C30H35F3N8O2. The third-order valence-electron chi connectivity index (χ3n) is 8.04. The van der Waals surface area contributed by atoms with Crippen LogP contribution in [0.1, 0.15) is 39.5 Å². The number of halogens is 3. The summed E-state index contributed by atoms with van der Waals surface area (Å²) in [5, 5.41) is 5.75. The number of nitrogens with one attached hydrogen (secondary N) is 2. The molecule has 10 nitrogen and oxygen atoms in total. The van der Waals surface area contributed by atoms with Gasteiger partial charge in [-0.3, -0.25) is 19.5 Å². The van der Waals surface area contributed by atoms with E-state index in [0.717, 1.165) is 36.8 Å². The van der Waals surface area contributed by atoms with Gasteiger partial charge in [0.1, 0.15) is 18.0 Å². The van der Waals surface area contributed by atoms with Crippen molar-refractivity contribution in [2.24, 2.45) is 0 Å². The highest BCUT2D eigenvalue weighted by Crippen LogP contribution is 2.35. The molecule has 0 radical (unpaired) electrons. The van der Waals surface area contributed by atoms with E-state index in [1.165, 1.54) is 28.3 Å². The molecule has 43 heavy (non-hydrogen) atoms. The highest BCUT2D eigenvalue weighted by atomic mass is 19.4. The molecule has 0 spiro atoms. The van der Waals surface area contributed by atoms with Crippen LogP contribution in [0.5, 0.6) is 0 Å². The van der Waals surface area contributed by atoms with Crippen LogP contribution < -0.4 is 20.4 Å². The van der Waals surface area contributed by atoms with E-state index in [9.17, 15) is 22.8 Å². The predicted molar refractivity (Wildman–Crippen MR) is 160 cm³/mol. The topological polar surface area (TPSA) is 96.9 Å². The van der Waals surface area contributed by atoms with Crippen LogP contribution in [-0.4, -0.2) is 78.1 Å². The molecule has 2 aromatic carbocycles. The Morgan fingerprint density at radius 1 is 1.02 bits per heavy atom. The maximum absolute atomic E-state index is 14.1. The third kappa shape index (κ3) is 6.42. The van der Waals surface area contributed by atoms with Gasteiger partial charge in [-0.1, -0.05) is 19.1 Å². The SMILES string of the molecule is CCN1CCN(Cc2ccc(NC(=O)c3ccc(C)c(N4CNc5ncnc(c5C)N(C)C4=O)c3)cc2C(F)(F)F)CC1. The fourth-order valence-corrected chi connectivity index (χ4v) is 5.44. The molecule has 1 saturated heterocycles. The summed E-state index contributed by atoms with van der Waals surface area (Å²) < 4.78 is 42.3. The number of alkyl halides is 3. The first-order chi connectivity index (χ1) is 20.5. The lowest BCUT2D eigenvalue weighted by Crippen LogP contribution is -2.46. The van der Waals surface area contributed by atoms with Crippen molar-refractivity contribution in [3.05, 3.63) is 70.5 Å². The number of aryl methyl sites for hydroxylation is 1. The van der Waals surface area contributed by atoms with Gasteiger partial charge in [0.15, 0.2) is 0 Å². The van der Waals surface area contributed by atoms with Crippen molar-refractivity contribution in [1.82, 2.24) is 19.8 Å². The number of carbonyl (C=O) groups is 2. The number of carbonyl (C=O) groups excluding carboxylic acids is 2. The minimum absolute atomic E-state index is 0.0360. The lowest BCUT2D eigenvalue weighted by atomic mass is 10.0. The molecule has 1 aromatic heterocycles. The quantitative estimate of drug-likeness (QED) is 0.416. The molecule has 2 N–H and O–H groups in total. The molecule has 3 amide bonds. The summed E-state index contributed by atoms with van der Waals surface area (Å²) in [4.78, 5) is 42.4. The van der Waals surface area contributed by atoms with E-state index in [2.05, 4.69) is 32.4 Å². The largest absolute Gasteiger partial charge is 0.416 e. The van der Waals surface area contributed by atoms with E-state index in [-0.39, 0.29) is 36.1 Å². The van der Waals surface area contributed by atoms with Gasteiger partial charge in [-0.25, -0.2) is 14.8 Å². The molecule has 1 fully saturated rings. The number of hydrogen-bond acceptors (Lipinski definition) is 7. The zero-order valence-electron chi connectivity index (χ0n) is 24.6. The normalized spacial score (nSPS) is 16.5. The van der Waals surface area contributed by atoms with Gasteiger partial charge in [-0.15, -0.1) is 0 Å². The first-order valence-corrected chi connectivity index (χ1v) is 14.1. The van der Waals surface area contributed by atoms with E-state index >= 15 is 0 Å². The summed E-state index contributed by atoms with van der Waals surface area (Å²) in [5.41, 5.74) is 1.55. The van der Waals surface area contributed by atoms with Gasteiger partial charge in [-0.05, 0) is 55.8 Å². The molecule has 2 aliphatic rings. The Morgan fingerprint density at radius 3 is 2.44 bits per heavy atom. The molecule has 2 bridgehead atoms. The molecular weight excluding hydrogens is 561 g/mol. The summed E-state index contributed by atoms with van der Waals surface area (Å²) in [6.45, 7) is 9.91. The molecule has 2 aliphatic heterocycles. The molecule has 228 valence electrons. The fourth-order valence-electron chi connectivity index (χ4n) is 5.44. The molecule has 3 aromatic rings. The Bertz CT molecular complexity index is 1520. The van der Waals surface area contributed by atoms with Crippen LogP contribution in [0.2, 0.25) is 0 Å². The van der Waals surface area contributed by atoms with E-state index in [1.54, 1.807) is 32.2 Å². The van der Waals surface area contributed by atoms with Crippen LogP contribution in [-0.2, 0) is 12.7 Å². The number of nitrogens with zero attached hydrogens (tertiary/aromatic N) is 6. The number of benzene rings is 2. The third-order valence-corrected chi connectivity index (χ3v) is 8.04. The number of rotatable bonds is 6. The van der Waals surface area contributed by atoms with Crippen molar-refractivity contribution in [2.75, 3.05) is 66.9 Å². The highest BCUT2D eigenvalue weighted by molar-refractivity contribution is 6.08. The lowest BCUT2D eigenvalue weighted by molar-refractivity contribution is -0.138. The van der Waals surface area contributed by atoms with Crippen molar-refractivity contribution >= 4 is 34.9 Å². The smallest absolute Gasteiger partial charge is 0.352 e. The molecule has 0 saturated carbocycles. The number of aromatic nitrogens is 2. The summed E-state index contributed by atoms with van der Waals surface area (Å²) >= 11 is 0. The van der Waals surface area contributed by atoms with Gasteiger partial charge in [0.25, 0.3) is 5.91 Å². The van der Waals surface area contributed by atoms with Crippen molar-refractivity contribution in [3.8, 4) is 0 Å². The number of likely N-dealkylation sites (N-methyl/N-ethyl adjacent to an activating group) is 1. The van der Waals surface area contributed by atoms with Crippen LogP contribution >= 0.6 is 0 Å². The highest BCUT2D eigenvalue weighted by Gasteiger charge is 2.34. The second-order valence-corrected chi connectivity index (χ2v) is 10.8. The second-order valence-electron chi connectivity index (χ2n) is 10.8. The second kappa shape index (κ2) is 12.2. The zero-order chi connectivity index (χ0) is 30.9. The molecule has 5 rings (SSSR count). The molecule has 13 heteroatoms. The summed E-state index contributed by atoms with van der Waals surface area (Å²) in [6, 6.07) is 8.37. The van der Waals surface area contributed by atoms with Crippen molar-refractivity contribution in [2.45, 2.75) is 33.5 Å². The van der Waals surface area contributed by atoms with Crippen molar-refractivity contribution in [1.29, 1.82) is 0 Å². The number of urea groups is 1. The fraction of sp³-hybridized carbons (Fsp3) is 0.400. The van der Waals surface area contributed by atoms with Crippen LogP contribution in [0.15, 0.2) is 42.7 Å². The van der Waals surface area contributed by atoms with Gasteiger partial charge >= 0.3 is 12.2 Å². The van der Waals surface area contributed by atoms with E-state index in [1.807, 2.05) is 11.8 Å². The zero-order valence-corrected chi connectivity index (χ0v) is 24.6. The number of piperazine rings is 1. The van der Waals surface area contributed by atoms with Gasteiger partial charge in [0, 0.05) is 56.6 Å². The monoisotopic (exact) mass is 596 g/mol. The van der Waals surface area contributed by atoms with Gasteiger partial charge in [0.2, 0.25) is 0 Å². The van der Waals surface area contributed by atoms with Gasteiger partial charge in [-0.2, -0.15) is 13.2 Å². The van der Waals surface area contributed by atoms with Crippen molar-refractivity contribution in [3.63, 3.8) is 0 Å². The Kier molecular flexibility index (Phi) is 8.56. The summed E-state index contributed by atoms with van der Waals surface area (Å²) in [5.74, 6) is 0.432. The maximum Gasteiger partial charge on any atom is 0.416 e. The van der Waals surface area contributed by atoms with E-state index in [0.29, 0.717) is 30.4 Å². The first-order valence-electron chi connectivity index (χ1n) is 14.1. The first kappa shape index (κ1) is 30.2. The maximum atomic E-state index is 14.1. The Hall–Kier alpha value is -4.23. The van der Waals surface area contributed by atoms with Gasteiger partial charge < -0.3 is 15.5 Å². The summed E-state index contributed by atoms with van der Waals surface area (Å²) in [7, 11) is 1.61. The Balaban J connectivity index is 1.36. The van der Waals surface area contributed by atoms with Crippen LogP contribution in [0, 0.1) is 13.8 Å². The number of fused-ring (bicyclic) bond motifs is 2. The Morgan fingerprint density at radius 2 is 1.74 bits per heavy atom. The molecule has 3 heterocycles. The minimum Gasteiger partial charge on any atom is -0.352 e. The van der Waals surface area contributed by atoms with Gasteiger partial charge in [0.05, 0.1) is 17.9 Å². The molecule has 0 aliphatic carbocycles. The number of amides is 3. The Labute approximate surface area is 248 Å². The standard InChI is InChI=1S/C30H35F3N8O2/c1-5-39-10-12-40(13-11-39)16-22-8-9-23(15-24(22)30(31,32)33)37-28(42)21-7-6-19(2)25(14-21)41-18-36-26-20(3)27(35-17-34-26)38(4)29(41)43/h6-9,14-15,17H,5,10-13,16,18H2,1-4H3,(H,37,42)(H,34,35,36). The van der Waals surface area contributed by atoms with E-state index in [4.69, 9.17) is 0 Å². The summed E-state index contributed by atoms with van der Waals surface area (Å²) in [6.07, 6.45) is -3.20. The van der Waals surface area contributed by atoms with Crippen LogP contribution in [0.4, 0.5) is 41.0 Å². The van der Waals surface area contributed by atoms with E-state index < -0.39 is 17.6 Å². The predicted octanol–water partition coefficient (Wildman–Crippen LogP) is 4.95. The van der Waals surface area contributed by atoms with Crippen LogP contribution in [0.25, 0.3) is 0 Å². The molecule has 0 unspecified atom stereocenters. The minimum atomic E-state index is -4.58. The number of anilines is 4. The average molecular weight is 597 g/mol. The lowest BCUT2D eigenvalue weighted by Gasteiger charge is -2.34. The molecule has 0 atom stereocenters. The average Bonchev–Trinajstić information content (AvgIpc) is 2.98.